The van der Waals surface area contributed by atoms with Gasteiger partial charge in [-0.2, -0.15) is 0 Å². The molecule has 1 atom stereocenters. The van der Waals surface area contributed by atoms with Gasteiger partial charge in [0.15, 0.2) is 5.96 Å². The second kappa shape index (κ2) is 8.44. The highest BCUT2D eigenvalue weighted by atomic mass is 127. The number of aromatic nitrogens is 1. The van der Waals surface area contributed by atoms with Gasteiger partial charge in [-0.15, -0.1) is 35.3 Å². The Labute approximate surface area is 153 Å². The maximum Gasteiger partial charge on any atom is 0.189 e. The summed E-state index contributed by atoms with van der Waals surface area (Å²) in [5.41, 5.74) is 7.21. The average Bonchev–Trinajstić information content (AvgIpc) is 3.07. The fraction of sp³-hybridized carbons (Fsp3) is 0.733. The molecule has 3 N–H and O–H groups in total. The number of halogens is 1. The van der Waals surface area contributed by atoms with E-state index in [0.29, 0.717) is 18.5 Å². The first-order valence-corrected chi connectivity index (χ1v) is 8.86. The minimum absolute atomic E-state index is 0. The highest BCUT2D eigenvalue weighted by Gasteiger charge is 2.26. The molecule has 2 aliphatic rings. The van der Waals surface area contributed by atoms with E-state index in [1.54, 1.807) is 11.3 Å². The maximum absolute atomic E-state index is 5.96. The van der Waals surface area contributed by atoms with E-state index in [9.17, 15) is 0 Å². The number of nitrogens with one attached hydrogen (secondary N) is 1. The summed E-state index contributed by atoms with van der Waals surface area (Å²) in [7, 11) is 0. The van der Waals surface area contributed by atoms with E-state index in [1.165, 1.54) is 37.9 Å². The van der Waals surface area contributed by atoms with Crippen molar-refractivity contribution >= 4 is 41.3 Å². The molecule has 0 spiro atoms. The van der Waals surface area contributed by atoms with Gasteiger partial charge in [0, 0.05) is 23.9 Å². The van der Waals surface area contributed by atoms with Gasteiger partial charge in [-0.3, -0.25) is 4.90 Å². The van der Waals surface area contributed by atoms with Gasteiger partial charge in [-0.1, -0.05) is 6.92 Å². The number of likely N-dealkylation sites (N-methyl/N-ethyl adjacent to an activating group) is 1. The van der Waals surface area contributed by atoms with E-state index in [2.05, 4.69) is 32.5 Å². The molecule has 2 heterocycles. The summed E-state index contributed by atoms with van der Waals surface area (Å²) in [5.74, 6) is 1.26. The molecule has 22 heavy (non-hydrogen) atoms. The van der Waals surface area contributed by atoms with Crippen LogP contribution in [0, 0.1) is 0 Å². The van der Waals surface area contributed by atoms with Crippen molar-refractivity contribution in [2.45, 2.75) is 51.1 Å². The van der Waals surface area contributed by atoms with E-state index in [0.717, 1.165) is 24.0 Å². The second-order valence-corrected chi connectivity index (χ2v) is 6.89. The van der Waals surface area contributed by atoms with Gasteiger partial charge >= 0.3 is 0 Å². The third-order valence-electron chi connectivity index (χ3n) is 4.37. The quantitative estimate of drug-likeness (QED) is 0.410. The van der Waals surface area contributed by atoms with Crippen molar-refractivity contribution in [1.29, 1.82) is 0 Å². The zero-order valence-electron chi connectivity index (χ0n) is 13.1. The minimum Gasteiger partial charge on any atom is -0.370 e. The zero-order chi connectivity index (χ0) is 14.7. The summed E-state index contributed by atoms with van der Waals surface area (Å²) in [4.78, 5) is 11.5. The van der Waals surface area contributed by atoms with Crippen LogP contribution < -0.4 is 11.1 Å². The Morgan fingerprint density at radius 3 is 3.05 bits per heavy atom. The topological polar surface area (TPSA) is 66.5 Å². The van der Waals surface area contributed by atoms with Crippen LogP contribution in [0.15, 0.2) is 10.4 Å². The molecule has 0 amide bonds. The maximum atomic E-state index is 5.96. The Morgan fingerprint density at radius 1 is 1.50 bits per heavy atom. The van der Waals surface area contributed by atoms with Crippen molar-refractivity contribution in [3.63, 3.8) is 0 Å². The highest BCUT2D eigenvalue weighted by Crippen LogP contribution is 2.40. The Bertz CT molecular complexity index is 500. The van der Waals surface area contributed by atoms with Gasteiger partial charge in [-0.25, -0.2) is 9.98 Å². The molecule has 1 saturated carbocycles. The molecule has 5 nitrogen and oxygen atoms in total. The molecule has 3 rings (SSSR count). The summed E-state index contributed by atoms with van der Waals surface area (Å²) in [6, 6.07) is 0.602. The van der Waals surface area contributed by atoms with Crippen molar-refractivity contribution in [3.05, 3.63) is 16.1 Å². The molecule has 1 aliphatic carbocycles. The number of nitrogens with zero attached hydrogens (tertiary/aromatic N) is 3. The van der Waals surface area contributed by atoms with Gasteiger partial charge in [0.2, 0.25) is 0 Å². The first-order valence-electron chi connectivity index (χ1n) is 7.98. The molecule has 0 radical (unpaired) electrons. The number of hydrogen-bond donors (Lipinski definition) is 2. The first kappa shape index (κ1) is 17.9. The van der Waals surface area contributed by atoms with Gasteiger partial charge in [0.05, 0.1) is 12.2 Å². The fourth-order valence-electron chi connectivity index (χ4n) is 2.94. The lowest BCUT2D eigenvalue weighted by molar-refractivity contribution is 0.267. The Balaban J connectivity index is 0.00000176. The lowest BCUT2D eigenvalue weighted by Gasteiger charge is -2.23. The van der Waals surface area contributed by atoms with E-state index in [4.69, 9.17) is 5.73 Å². The Kier molecular flexibility index (Phi) is 6.88. The van der Waals surface area contributed by atoms with E-state index >= 15 is 0 Å². The van der Waals surface area contributed by atoms with Crippen molar-refractivity contribution in [1.82, 2.24) is 15.2 Å². The van der Waals surface area contributed by atoms with E-state index in [-0.39, 0.29) is 24.0 Å². The Hall–Kier alpha value is -0.410. The van der Waals surface area contributed by atoms with Crippen molar-refractivity contribution < 1.29 is 0 Å². The van der Waals surface area contributed by atoms with Crippen LogP contribution >= 0.6 is 35.3 Å². The van der Waals surface area contributed by atoms with Crippen molar-refractivity contribution in [2.75, 3.05) is 19.6 Å². The number of rotatable bonds is 6. The Morgan fingerprint density at radius 2 is 2.32 bits per heavy atom. The number of likely N-dealkylation sites (tertiary alicyclic amines) is 1. The van der Waals surface area contributed by atoms with Crippen LogP contribution in [0.3, 0.4) is 0 Å². The lowest BCUT2D eigenvalue weighted by Crippen LogP contribution is -2.42. The standard InChI is InChI=1S/C15H25N5S.HI/c1-2-20-7-3-4-12(20)8-17-15(16)18-9-14-19-13(10-21-14)11-5-6-11;/h10-12H,2-9H2,1H3,(H3,16,17,18);1H. The van der Waals surface area contributed by atoms with Crippen LogP contribution in [-0.2, 0) is 6.54 Å². The zero-order valence-corrected chi connectivity index (χ0v) is 16.3. The number of thiazole rings is 1. The van der Waals surface area contributed by atoms with Gasteiger partial charge < -0.3 is 11.1 Å². The molecular formula is C15H26IN5S. The summed E-state index contributed by atoms with van der Waals surface area (Å²) in [5, 5.41) is 6.50. The predicted octanol–water partition coefficient (Wildman–Crippen LogP) is 2.53. The number of nitrogens with two attached hydrogens (primary N) is 1. The van der Waals surface area contributed by atoms with Crippen LogP contribution in [0.4, 0.5) is 0 Å². The predicted molar refractivity (Wildman–Crippen MR) is 103 cm³/mol. The average molecular weight is 435 g/mol. The number of guanidine groups is 1. The molecule has 1 saturated heterocycles. The van der Waals surface area contributed by atoms with Gasteiger partial charge in [0.1, 0.15) is 5.01 Å². The molecule has 0 aromatic carbocycles. The number of hydrogen-bond acceptors (Lipinski definition) is 4. The fourth-order valence-corrected chi connectivity index (χ4v) is 3.74. The lowest BCUT2D eigenvalue weighted by atomic mass is 10.2. The van der Waals surface area contributed by atoms with E-state index < -0.39 is 0 Å². The highest BCUT2D eigenvalue weighted by molar-refractivity contribution is 14.0. The van der Waals surface area contributed by atoms with Crippen molar-refractivity contribution in [3.8, 4) is 0 Å². The van der Waals surface area contributed by atoms with Crippen LogP contribution in [0.5, 0.6) is 0 Å². The van der Waals surface area contributed by atoms with Crippen LogP contribution in [0.1, 0.15) is 49.2 Å². The molecule has 2 fully saturated rings. The summed E-state index contributed by atoms with van der Waals surface area (Å²) >= 11 is 1.70. The normalized spacial score (nSPS) is 22.6. The molecule has 1 unspecified atom stereocenters. The van der Waals surface area contributed by atoms with Crippen molar-refractivity contribution in [2.24, 2.45) is 10.7 Å². The number of aliphatic imine (C=N–C) groups is 1. The summed E-state index contributed by atoms with van der Waals surface area (Å²) in [6.07, 6.45) is 5.14. The largest absolute Gasteiger partial charge is 0.370 e. The molecule has 1 aliphatic heterocycles. The van der Waals surface area contributed by atoms with Gasteiger partial charge in [0.25, 0.3) is 0 Å². The van der Waals surface area contributed by atoms with E-state index in [1.807, 2.05) is 0 Å². The smallest absolute Gasteiger partial charge is 0.189 e. The van der Waals surface area contributed by atoms with Crippen LogP contribution in [-0.4, -0.2) is 41.5 Å². The van der Waals surface area contributed by atoms with Crippen LogP contribution in [0.2, 0.25) is 0 Å². The van der Waals surface area contributed by atoms with Crippen LogP contribution in [0.25, 0.3) is 0 Å². The third kappa shape index (κ3) is 4.79. The van der Waals surface area contributed by atoms with Gasteiger partial charge in [-0.05, 0) is 38.8 Å². The molecular weight excluding hydrogens is 409 g/mol. The molecule has 124 valence electrons. The second-order valence-electron chi connectivity index (χ2n) is 5.95. The minimum atomic E-state index is 0. The monoisotopic (exact) mass is 435 g/mol. The third-order valence-corrected chi connectivity index (χ3v) is 5.23. The first-order chi connectivity index (χ1) is 10.3. The SMILES string of the molecule is CCN1CCCC1CNC(N)=NCc1nc(C2CC2)cs1.I. The molecule has 1 aromatic heterocycles. The summed E-state index contributed by atoms with van der Waals surface area (Å²) in [6.45, 7) is 6.04. The molecule has 1 aromatic rings. The molecule has 7 heteroatoms. The summed E-state index contributed by atoms with van der Waals surface area (Å²) < 4.78 is 0. The molecule has 0 bridgehead atoms.